The van der Waals surface area contributed by atoms with Gasteiger partial charge in [0.2, 0.25) is 0 Å². The van der Waals surface area contributed by atoms with Gasteiger partial charge in [0.15, 0.2) is 0 Å². The highest BCUT2D eigenvalue weighted by Crippen LogP contribution is 2.29. The van der Waals surface area contributed by atoms with Crippen molar-refractivity contribution in [3.63, 3.8) is 0 Å². The molecule has 1 saturated heterocycles. The van der Waals surface area contributed by atoms with Crippen molar-refractivity contribution in [2.75, 3.05) is 20.3 Å². The van der Waals surface area contributed by atoms with Gasteiger partial charge in [0.05, 0.1) is 19.8 Å². The average Bonchev–Trinajstić information content (AvgIpc) is 2.39. The van der Waals surface area contributed by atoms with Crippen molar-refractivity contribution in [2.24, 2.45) is 5.73 Å². The van der Waals surface area contributed by atoms with Crippen LogP contribution < -0.4 is 10.5 Å². The summed E-state index contributed by atoms with van der Waals surface area (Å²) in [5.74, 6) is 1.40. The molecule has 3 nitrogen and oxygen atoms in total. The van der Waals surface area contributed by atoms with Crippen LogP contribution in [0.15, 0.2) is 24.3 Å². The molecule has 1 aromatic rings. The third-order valence-corrected chi connectivity index (χ3v) is 3.20. The molecule has 2 N–H and O–H groups in total. The third-order valence-electron chi connectivity index (χ3n) is 3.20. The maximum atomic E-state index is 5.70. The Bertz CT molecular complexity index is 332. The molecule has 2 rings (SSSR count). The molecule has 0 aromatic heterocycles. The van der Waals surface area contributed by atoms with E-state index in [-0.39, 0.29) is 6.10 Å². The van der Waals surface area contributed by atoms with E-state index in [0.29, 0.717) is 12.5 Å². The van der Waals surface area contributed by atoms with Gasteiger partial charge in [-0.05, 0) is 30.5 Å². The first-order chi connectivity index (χ1) is 7.83. The van der Waals surface area contributed by atoms with Crippen LogP contribution in [0.5, 0.6) is 5.75 Å². The molecule has 0 bridgehead atoms. The second-order valence-electron chi connectivity index (χ2n) is 4.24. The van der Waals surface area contributed by atoms with Gasteiger partial charge in [0.25, 0.3) is 0 Å². The van der Waals surface area contributed by atoms with Crippen molar-refractivity contribution in [3.05, 3.63) is 29.8 Å². The maximum absolute atomic E-state index is 5.70. The van der Waals surface area contributed by atoms with Crippen LogP contribution in [-0.4, -0.2) is 26.4 Å². The zero-order valence-corrected chi connectivity index (χ0v) is 9.69. The predicted octanol–water partition coefficient (Wildman–Crippen LogP) is 1.92. The number of hydrogen-bond acceptors (Lipinski definition) is 3. The summed E-state index contributed by atoms with van der Waals surface area (Å²) in [6, 6.07) is 8.23. The minimum absolute atomic E-state index is 0.252. The maximum Gasteiger partial charge on any atom is 0.119 e. The number of hydrogen-bond donors (Lipinski definition) is 1. The lowest BCUT2D eigenvalue weighted by molar-refractivity contribution is 0.00953. The number of benzene rings is 1. The van der Waals surface area contributed by atoms with Gasteiger partial charge in [0, 0.05) is 12.5 Å². The summed E-state index contributed by atoms with van der Waals surface area (Å²) in [7, 11) is 1.70. The fourth-order valence-electron chi connectivity index (χ4n) is 2.15. The molecule has 1 fully saturated rings. The number of nitrogens with two attached hydrogens (primary N) is 1. The van der Waals surface area contributed by atoms with E-state index in [1.807, 2.05) is 12.1 Å². The Hall–Kier alpha value is -1.06. The molecule has 2 unspecified atom stereocenters. The molecule has 2 atom stereocenters. The largest absolute Gasteiger partial charge is 0.497 e. The lowest BCUT2D eigenvalue weighted by Gasteiger charge is -2.28. The summed E-state index contributed by atoms with van der Waals surface area (Å²) in [5, 5.41) is 0. The third kappa shape index (κ3) is 2.54. The van der Waals surface area contributed by atoms with E-state index in [2.05, 4.69) is 12.1 Å². The Morgan fingerprint density at radius 3 is 2.94 bits per heavy atom. The molecule has 0 aliphatic carbocycles. The fourth-order valence-corrected chi connectivity index (χ4v) is 2.15. The second kappa shape index (κ2) is 5.32. The van der Waals surface area contributed by atoms with Crippen LogP contribution in [0.25, 0.3) is 0 Å². The molecule has 1 aliphatic heterocycles. The standard InChI is InChI=1S/C13H19NO2/c1-15-12-4-2-3-10(7-12)11-5-6-13(8-14)16-9-11/h2-4,7,11,13H,5-6,8-9,14H2,1H3. The summed E-state index contributed by atoms with van der Waals surface area (Å²) >= 11 is 0. The summed E-state index contributed by atoms with van der Waals surface area (Å²) < 4.78 is 10.9. The number of methoxy groups -OCH3 is 1. The Labute approximate surface area is 96.5 Å². The van der Waals surface area contributed by atoms with Gasteiger partial charge in [-0.2, -0.15) is 0 Å². The van der Waals surface area contributed by atoms with Crippen molar-refractivity contribution >= 4 is 0 Å². The van der Waals surface area contributed by atoms with Crippen LogP contribution in [0, 0.1) is 0 Å². The highest BCUT2D eigenvalue weighted by Gasteiger charge is 2.22. The lowest BCUT2D eigenvalue weighted by atomic mass is 9.91. The molecule has 0 spiro atoms. The van der Waals surface area contributed by atoms with Gasteiger partial charge in [0.1, 0.15) is 5.75 Å². The van der Waals surface area contributed by atoms with Crippen molar-refractivity contribution in [3.8, 4) is 5.75 Å². The minimum atomic E-state index is 0.252. The van der Waals surface area contributed by atoms with Gasteiger partial charge in [-0.25, -0.2) is 0 Å². The average molecular weight is 221 g/mol. The van der Waals surface area contributed by atoms with Gasteiger partial charge in [-0.1, -0.05) is 12.1 Å². The SMILES string of the molecule is COc1cccc(C2CCC(CN)OC2)c1. The summed E-state index contributed by atoms with van der Waals surface area (Å²) in [6.07, 6.45) is 2.45. The quantitative estimate of drug-likeness (QED) is 0.848. The topological polar surface area (TPSA) is 44.5 Å². The van der Waals surface area contributed by atoms with Crippen molar-refractivity contribution in [1.29, 1.82) is 0 Å². The van der Waals surface area contributed by atoms with Crippen molar-refractivity contribution in [1.82, 2.24) is 0 Å². The van der Waals surface area contributed by atoms with E-state index in [1.54, 1.807) is 7.11 Å². The van der Waals surface area contributed by atoms with Crippen LogP contribution >= 0.6 is 0 Å². The van der Waals surface area contributed by atoms with Gasteiger partial charge < -0.3 is 15.2 Å². The molecule has 16 heavy (non-hydrogen) atoms. The van der Waals surface area contributed by atoms with Gasteiger partial charge in [-0.3, -0.25) is 0 Å². The molecule has 1 heterocycles. The van der Waals surface area contributed by atoms with Crippen LogP contribution in [0.1, 0.15) is 24.3 Å². The highest BCUT2D eigenvalue weighted by molar-refractivity contribution is 5.31. The molecule has 0 amide bonds. The van der Waals surface area contributed by atoms with E-state index in [1.165, 1.54) is 5.56 Å². The molecule has 0 radical (unpaired) electrons. The Morgan fingerprint density at radius 2 is 2.31 bits per heavy atom. The predicted molar refractivity (Wildman–Crippen MR) is 63.8 cm³/mol. The van der Waals surface area contributed by atoms with E-state index in [0.717, 1.165) is 25.2 Å². The summed E-state index contributed by atoms with van der Waals surface area (Å²) in [4.78, 5) is 0. The highest BCUT2D eigenvalue weighted by atomic mass is 16.5. The minimum Gasteiger partial charge on any atom is -0.497 e. The fraction of sp³-hybridized carbons (Fsp3) is 0.538. The Morgan fingerprint density at radius 1 is 1.44 bits per heavy atom. The lowest BCUT2D eigenvalue weighted by Crippen LogP contribution is -2.30. The monoisotopic (exact) mass is 221 g/mol. The Balaban J connectivity index is 2.02. The van der Waals surface area contributed by atoms with Crippen LogP contribution in [0.2, 0.25) is 0 Å². The normalized spacial score (nSPS) is 25.4. The van der Waals surface area contributed by atoms with Gasteiger partial charge >= 0.3 is 0 Å². The van der Waals surface area contributed by atoms with E-state index < -0.39 is 0 Å². The molecule has 0 saturated carbocycles. The molecular formula is C13H19NO2. The molecule has 1 aliphatic rings. The van der Waals surface area contributed by atoms with Crippen LogP contribution in [-0.2, 0) is 4.74 Å². The van der Waals surface area contributed by atoms with Crippen molar-refractivity contribution in [2.45, 2.75) is 24.9 Å². The first-order valence-electron chi connectivity index (χ1n) is 5.79. The molecular weight excluding hydrogens is 202 g/mol. The van der Waals surface area contributed by atoms with Crippen LogP contribution in [0.4, 0.5) is 0 Å². The number of rotatable bonds is 3. The second-order valence-corrected chi connectivity index (χ2v) is 4.24. The van der Waals surface area contributed by atoms with E-state index >= 15 is 0 Å². The first kappa shape index (κ1) is 11.4. The van der Waals surface area contributed by atoms with Crippen LogP contribution in [0.3, 0.4) is 0 Å². The smallest absolute Gasteiger partial charge is 0.119 e. The molecule has 1 aromatic carbocycles. The molecule has 3 heteroatoms. The Kier molecular flexibility index (Phi) is 3.80. The zero-order valence-electron chi connectivity index (χ0n) is 9.69. The summed E-state index contributed by atoms with van der Waals surface area (Å²) in [6.45, 7) is 1.40. The molecule has 88 valence electrons. The van der Waals surface area contributed by atoms with E-state index in [9.17, 15) is 0 Å². The summed E-state index contributed by atoms with van der Waals surface area (Å²) in [5.41, 5.74) is 6.89. The van der Waals surface area contributed by atoms with E-state index in [4.69, 9.17) is 15.2 Å². The van der Waals surface area contributed by atoms with Gasteiger partial charge in [-0.15, -0.1) is 0 Å². The zero-order chi connectivity index (χ0) is 11.4. The number of ether oxygens (including phenoxy) is 2. The van der Waals surface area contributed by atoms with Crippen molar-refractivity contribution < 1.29 is 9.47 Å². The first-order valence-corrected chi connectivity index (χ1v) is 5.79.